The standard InChI is InChI=1S/C26H29N3O4S/c1-32-24-9-3-2-8-23(24)28-26(31)19-10-12-20(13-11-19)27-25(30)18-29(16-21-6-4-14-33-21)17-22-7-5-15-34-22/h2-3,5,7-13,15,21H,4,6,14,16-18H2,1H3,(H,27,30)(H,28,31)/t21-/m1/s1. The first-order valence-electron chi connectivity index (χ1n) is 11.3. The molecular weight excluding hydrogens is 450 g/mol. The van der Waals surface area contributed by atoms with E-state index in [0.717, 1.165) is 26.0 Å². The molecule has 2 amide bonds. The lowest BCUT2D eigenvalue weighted by molar-refractivity contribution is -0.117. The van der Waals surface area contributed by atoms with Crippen molar-refractivity contribution in [3.63, 3.8) is 0 Å². The van der Waals surface area contributed by atoms with Crippen molar-refractivity contribution < 1.29 is 19.1 Å². The molecule has 1 fully saturated rings. The van der Waals surface area contributed by atoms with Crippen LogP contribution in [-0.4, -0.2) is 49.6 Å². The predicted molar refractivity (Wildman–Crippen MR) is 135 cm³/mol. The van der Waals surface area contributed by atoms with Crippen molar-refractivity contribution in [3.05, 3.63) is 76.5 Å². The third kappa shape index (κ3) is 6.66. The zero-order valence-corrected chi connectivity index (χ0v) is 20.0. The largest absolute Gasteiger partial charge is 0.495 e. The molecule has 1 aliphatic rings. The molecule has 1 aliphatic heterocycles. The van der Waals surface area contributed by atoms with Gasteiger partial charge in [0, 0.05) is 35.8 Å². The Labute approximate surface area is 203 Å². The molecule has 0 unspecified atom stereocenters. The zero-order chi connectivity index (χ0) is 23.8. The van der Waals surface area contributed by atoms with Crippen LogP contribution in [0, 0.1) is 0 Å². The van der Waals surface area contributed by atoms with E-state index in [1.165, 1.54) is 4.88 Å². The summed E-state index contributed by atoms with van der Waals surface area (Å²) in [4.78, 5) is 28.7. The molecule has 178 valence electrons. The maximum atomic E-state index is 12.8. The van der Waals surface area contributed by atoms with E-state index in [1.54, 1.807) is 54.8 Å². The van der Waals surface area contributed by atoms with Crippen LogP contribution in [0.2, 0.25) is 0 Å². The summed E-state index contributed by atoms with van der Waals surface area (Å²) in [5.41, 5.74) is 1.73. The Hall–Kier alpha value is -3.20. The lowest BCUT2D eigenvalue weighted by Crippen LogP contribution is -2.37. The number of methoxy groups -OCH3 is 1. The number of thiophene rings is 1. The predicted octanol–water partition coefficient (Wildman–Crippen LogP) is 4.63. The maximum Gasteiger partial charge on any atom is 0.255 e. The first-order valence-corrected chi connectivity index (χ1v) is 12.2. The molecule has 3 aromatic rings. The van der Waals surface area contributed by atoms with Gasteiger partial charge in [0.15, 0.2) is 0 Å². The van der Waals surface area contributed by atoms with E-state index in [2.05, 4.69) is 21.6 Å². The highest BCUT2D eigenvalue weighted by molar-refractivity contribution is 7.09. The molecule has 0 bridgehead atoms. The molecule has 0 spiro atoms. The smallest absolute Gasteiger partial charge is 0.255 e. The van der Waals surface area contributed by atoms with Gasteiger partial charge in [-0.2, -0.15) is 0 Å². The summed E-state index contributed by atoms with van der Waals surface area (Å²) in [6.07, 6.45) is 2.27. The van der Waals surface area contributed by atoms with E-state index in [1.807, 2.05) is 23.6 Å². The van der Waals surface area contributed by atoms with E-state index in [9.17, 15) is 9.59 Å². The van der Waals surface area contributed by atoms with E-state index in [-0.39, 0.29) is 24.5 Å². The van der Waals surface area contributed by atoms with Gasteiger partial charge in [0.05, 0.1) is 25.4 Å². The summed E-state index contributed by atoms with van der Waals surface area (Å²) < 4.78 is 11.1. The van der Waals surface area contributed by atoms with Crippen LogP contribution < -0.4 is 15.4 Å². The van der Waals surface area contributed by atoms with E-state index in [4.69, 9.17) is 9.47 Å². The molecule has 2 aromatic carbocycles. The first-order chi connectivity index (χ1) is 16.6. The quantitative estimate of drug-likeness (QED) is 0.443. The van der Waals surface area contributed by atoms with E-state index < -0.39 is 0 Å². The van der Waals surface area contributed by atoms with Gasteiger partial charge in [0.2, 0.25) is 5.91 Å². The number of ether oxygens (including phenoxy) is 2. The maximum absolute atomic E-state index is 12.8. The number of nitrogens with one attached hydrogen (secondary N) is 2. The minimum atomic E-state index is -0.249. The molecule has 7 nitrogen and oxygen atoms in total. The van der Waals surface area contributed by atoms with Gasteiger partial charge in [-0.15, -0.1) is 11.3 Å². The summed E-state index contributed by atoms with van der Waals surface area (Å²) in [6.45, 7) is 2.51. The van der Waals surface area contributed by atoms with Crippen molar-refractivity contribution in [2.45, 2.75) is 25.5 Å². The highest BCUT2D eigenvalue weighted by Gasteiger charge is 2.21. The second kappa shape index (κ2) is 11.8. The van der Waals surface area contributed by atoms with Crippen LogP contribution in [0.25, 0.3) is 0 Å². The molecular formula is C26H29N3O4S. The number of amides is 2. The van der Waals surface area contributed by atoms with Crippen LogP contribution in [-0.2, 0) is 16.1 Å². The summed E-state index contributed by atoms with van der Waals surface area (Å²) in [7, 11) is 1.56. The fraction of sp³-hybridized carbons (Fsp3) is 0.308. The Balaban J connectivity index is 1.33. The monoisotopic (exact) mass is 479 g/mol. The van der Waals surface area contributed by atoms with Crippen LogP contribution in [0.15, 0.2) is 66.0 Å². The Morgan fingerprint density at radius 3 is 2.62 bits per heavy atom. The Kier molecular flexibility index (Phi) is 8.30. The highest BCUT2D eigenvalue weighted by Crippen LogP contribution is 2.24. The van der Waals surface area contributed by atoms with Crippen LogP contribution in [0.5, 0.6) is 5.75 Å². The number of benzene rings is 2. The molecule has 8 heteroatoms. The summed E-state index contributed by atoms with van der Waals surface area (Å²) in [5.74, 6) is 0.247. The molecule has 34 heavy (non-hydrogen) atoms. The Morgan fingerprint density at radius 2 is 1.91 bits per heavy atom. The normalized spacial score (nSPS) is 15.3. The number of anilines is 2. The lowest BCUT2D eigenvalue weighted by atomic mass is 10.2. The number of nitrogens with zero attached hydrogens (tertiary/aromatic N) is 1. The topological polar surface area (TPSA) is 79.9 Å². The second-order valence-corrected chi connectivity index (χ2v) is 9.20. The van der Waals surface area contributed by atoms with Gasteiger partial charge < -0.3 is 20.1 Å². The number of para-hydroxylation sites is 2. The van der Waals surface area contributed by atoms with Gasteiger partial charge in [0.1, 0.15) is 5.75 Å². The van der Waals surface area contributed by atoms with Gasteiger partial charge in [-0.25, -0.2) is 0 Å². The highest BCUT2D eigenvalue weighted by atomic mass is 32.1. The SMILES string of the molecule is COc1ccccc1NC(=O)c1ccc(NC(=O)CN(Cc2cccs2)C[C@H]2CCCO2)cc1. The van der Waals surface area contributed by atoms with Gasteiger partial charge >= 0.3 is 0 Å². The average Bonchev–Trinajstić information content (AvgIpc) is 3.54. The summed E-state index contributed by atoms with van der Waals surface area (Å²) >= 11 is 1.69. The summed E-state index contributed by atoms with van der Waals surface area (Å²) in [6, 6.07) is 18.2. The van der Waals surface area contributed by atoms with Gasteiger partial charge in [-0.3, -0.25) is 14.5 Å². The Bertz CT molecular complexity index is 1080. The second-order valence-electron chi connectivity index (χ2n) is 8.16. The van der Waals surface area contributed by atoms with E-state index >= 15 is 0 Å². The first kappa shape index (κ1) is 23.9. The number of carbonyl (C=O) groups is 2. The number of hydrogen-bond donors (Lipinski definition) is 2. The van der Waals surface area contributed by atoms with Crippen molar-refractivity contribution in [1.29, 1.82) is 0 Å². The lowest BCUT2D eigenvalue weighted by Gasteiger charge is -2.24. The van der Waals surface area contributed by atoms with Gasteiger partial charge in [-0.1, -0.05) is 18.2 Å². The van der Waals surface area contributed by atoms with Crippen LogP contribution in [0.4, 0.5) is 11.4 Å². The van der Waals surface area contributed by atoms with Crippen molar-refractivity contribution in [2.75, 3.05) is 37.4 Å². The van der Waals surface area contributed by atoms with Crippen LogP contribution in [0.3, 0.4) is 0 Å². The van der Waals surface area contributed by atoms with Crippen molar-refractivity contribution in [1.82, 2.24) is 4.90 Å². The van der Waals surface area contributed by atoms with Gasteiger partial charge in [-0.05, 0) is 60.7 Å². The number of carbonyl (C=O) groups excluding carboxylic acids is 2. The third-order valence-electron chi connectivity index (χ3n) is 5.60. The van der Waals surface area contributed by atoms with Crippen molar-refractivity contribution >= 4 is 34.5 Å². The molecule has 1 atom stereocenters. The fourth-order valence-electron chi connectivity index (χ4n) is 3.94. The number of hydrogen-bond acceptors (Lipinski definition) is 6. The molecule has 2 heterocycles. The van der Waals surface area contributed by atoms with Gasteiger partial charge in [0.25, 0.3) is 5.91 Å². The third-order valence-corrected chi connectivity index (χ3v) is 6.46. The minimum absolute atomic E-state index is 0.0965. The van der Waals surface area contributed by atoms with Crippen LogP contribution in [0.1, 0.15) is 28.1 Å². The van der Waals surface area contributed by atoms with Crippen LogP contribution >= 0.6 is 11.3 Å². The molecule has 0 saturated carbocycles. The minimum Gasteiger partial charge on any atom is -0.495 e. The molecule has 2 N–H and O–H groups in total. The van der Waals surface area contributed by atoms with Crippen molar-refractivity contribution in [2.24, 2.45) is 0 Å². The average molecular weight is 480 g/mol. The molecule has 1 saturated heterocycles. The number of rotatable bonds is 10. The molecule has 1 aromatic heterocycles. The molecule has 0 aliphatic carbocycles. The Morgan fingerprint density at radius 1 is 1.09 bits per heavy atom. The molecule has 4 rings (SSSR count). The molecule has 0 radical (unpaired) electrons. The zero-order valence-electron chi connectivity index (χ0n) is 19.2. The summed E-state index contributed by atoms with van der Waals surface area (Å²) in [5, 5.41) is 7.84. The van der Waals surface area contributed by atoms with Crippen molar-refractivity contribution in [3.8, 4) is 5.75 Å². The fourth-order valence-corrected chi connectivity index (χ4v) is 4.68. The van der Waals surface area contributed by atoms with E-state index in [0.29, 0.717) is 29.2 Å².